The lowest BCUT2D eigenvalue weighted by Gasteiger charge is -2.10. The molecule has 0 atom stereocenters. The lowest BCUT2D eigenvalue weighted by molar-refractivity contribution is 0.301. The molecule has 0 amide bonds. The van der Waals surface area contributed by atoms with Gasteiger partial charge in [-0.2, -0.15) is 0 Å². The van der Waals surface area contributed by atoms with Gasteiger partial charge in [-0.3, -0.25) is 0 Å². The Hall–Kier alpha value is -1.05. The molecule has 1 aromatic rings. The number of hydrogen-bond acceptors (Lipinski definition) is 1. The molecular weight excluding hydrogens is 155 g/mol. The number of methoxy groups -OCH3 is 1. The molecule has 0 spiro atoms. The summed E-state index contributed by atoms with van der Waals surface area (Å²) in [6.07, 6.45) is 1.26. The van der Waals surface area contributed by atoms with Crippen LogP contribution < -0.4 is 4.74 Å². The van der Waals surface area contributed by atoms with Crippen molar-refractivity contribution in [2.24, 2.45) is 0 Å². The molecule has 2 heteroatoms. The van der Waals surface area contributed by atoms with Crippen LogP contribution in [0, 0.1) is 0 Å². The highest BCUT2D eigenvalue weighted by molar-refractivity contribution is 5.40. The molecule has 64 valence electrons. The van der Waals surface area contributed by atoms with Crippen LogP contribution in [0.1, 0.15) is 18.4 Å². The average Bonchev–Trinajstić information content (AvgIpc) is 2.85. The van der Waals surface area contributed by atoms with E-state index in [1.54, 1.807) is 19.2 Å². The Labute approximate surface area is 71.2 Å². The van der Waals surface area contributed by atoms with Gasteiger partial charge in [-0.15, -0.1) is 0 Å². The third-order valence-electron chi connectivity index (χ3n) is 2.28. The van der Waals surface area contributed by atoms with Gasteiger partial charge in [-0.25, -0.2) is 4.39 Å². The smallest absolute Gasteiger partial charge is 0.139 e. The first-order chi connectivity index (χ1) is 5.76. The fourth-order valence-corrected chi connectivity index (χ4v) is 1.39. The molecule has 12 heavy (non-hydrogen) atoms. The van der Waals surface area contributed by atoms with Crippen molar-refractivity contribution in [1.29, 1.82) is 0 Å². The molecule has 0 heterocycles. The predicted molar refractivity (Wildman–Crippen MR) is 45.0 cm³/mol. The first-order valence-corrected chi connectivity index (χ1v) is 4.09. The minimum absolute atomic E-state index is 0.632. The number of ether oxygens (including phenoxy) is 1. The quantitative estimate of drug-likeness (QED) is 0.656. The van der Waals surface area contributed by atoms with Gasteiger partial charge in [0.25, 0.3) is 0 Å². The molecule has 1 aromatic carbocycles. The van der Waals surface area contributed by atoms with Crippen LogP contribution in [0.5, 0.6) is 5.75 Å². The number of benzene rings is 1. The summed E-state index contributed by atoms with van der Waals surface area (Å²) in [5.74, 6) is 0.664. The Bertz CT molecular complexity index is 292. The largest absolute Gasteiger partial charge is 0.496 e. The van der Waals surface area contributed by atoms with Gasteiger partial charge < -0.3 is 4.74 Å². The SMILES string of the molecule is COc1ccccc1C1(F)CC1. The van der Waals surface area contributed by atoms with Crippen molar-refractivity contribution in [3.63, 3.8) is 0 Å². The van der Waals surface area contributed by atoms with E-state index in [4.69, 9.17) is 4.74 Å². The Morgan fingerprint density at radius 3 is 2.58 bits per heavy atom. The van der Waals surface area contributed by atoms with Crippen molar-refractivity contribution in [3.05, 3.63) is 29.8 Å². The van der Waals surface area contributed by atoms with Crippen LogP contribution in [-0.2, 0) is 5.67 Å². The molecule has 1 nitrogen and oxygen atoms in total. The minimum Gasteiger partial charge on any atom is -0.496 e. The van der Waals surface area contributed by atoms with Crippen molar-refractivity contribution in [2.75, 3.05) is 7.11 Å². The second kappa shape index (κ2) is 2.47. The highest BCUT2D eigenvalue weighted by atomic mass is 19.1. The van der Waals surface area contributed by atoms with Crippen LogP contribution >= 0.6 is 0 Å². The maximum Gasteiger partial charge on any atom is 0.139 e. The molecule has 2 rings (SSSR count). The van der Waals surface area contributed by atoms with Crippen molar-refractivity contribution in [3.8, 4) is 5.75 Å². The summed E-state index contributed by atoms with van der Waals surface area (Å²) >= 11 is 0. The maximum absolute atomic E-state index is 13.6. The Morgan fingerprint density at radius 1 is 1.33 bits per heavy atom. The Morgan fingerprint density at radius 2 is 2.00 bits per heavy atom. The monoisotopic (exact) mass is 166 g/mol. The summed E-state index contributed by atoms with van der Waals surface area (Å²) in [4.78, 5) is 0. The van der Waals surface area contributed by atoms with E-state index < -0.39 is 5.67 Å². The summed E-state index contributed by atoms with van der Waals surface area (Å²) in [6.45, 7) is 0. The number of hydrogen-bond donors (Lipinski definition) is 0. The second-order valence-electron chi connectivity index (χ2n) is 3.17. The summed E-state index contributed by atoms with van der Waals surface area (Å²) in [5, 5.41) is 0. The average molecular weight is 166 g/mol. The zero-order valence-electron chi connectivity index (χ0n) is 7.01. The normalized spacial score (nSPS) is 18.8. The van der Waals surface area contributed by atoms with E-state index in [1.807, 2.05) is 12.1 Å². The van der Waals surface area contributed by atoms with Crippen molar-refractivity contribution in [1.82, 2.24) is 0 Å². The number of para-hydroxylation sites is 1. The molecule has 0 unspecified atom stereocenters. The van der Waals surface area contributed by atoms with Crippen LogP contribution in [0.4, 0.5) is 4.39 Å². The highest BCUT2D eigenvalue weighted by Gasteiger charge is 2.46. The van der Waals surface area contributed by atoms with Gasteiger partial charge in [0, 0.05) is 5.56 Å². The van der Waals surface area contributed by atoms with E-state index in [-0.39, 0.29) is 0 Å². The number of alkyl halides is 1. The van der Waals surface area contributed by atoms with Crippen LogP contribution in [0.2, 0.25) is 0 Å². The van der Waals surface area contributed by atoms with Gasteiger partial charge in [0.1, 0.15) is 11.4 Å². The molecule has 1 aliphatic carbocycles. The molecule has 1 fully saturated rings. The van der Waals surface area contributed by atoms with Crippen LogP contribution in [0.15, 0.2) is 24.3 Å². The third kappa shape index (κ3) is 1.07. The topological polar surface area (TPSA) is 9.23 Å². The van der Waals surface area contributed by atoms with Crippen molar-refractivity contribution in [2.45, 2.75) is 18.5 Å². The Kier molecular flexibility index (Phi) is 1.56. The van der Waals surface area contributed by atoms with E-state index in [0.29, 0.717) is 24.2 Å². The van der Waals surface area contributed by atoms with Crippen LogP contribution in [-0.4, -0.2) is 7.11 Å². The van der Waals surface area contributed by atoms with E-state index in [1.165, 1.54) is 0 Å². The highest BCUT2D eigenvalue weighted by Crippen LogP contribution is 2.52. The first-order valence-electron chi connectivity index (χ1n) is 4.09. The number of halogens is 1. The van der Waals surface area contributed by atoms with Gasteiger partial charge in [0.15, 0.2) is 0 Å². The molecule has 0 N–H and O–H groups in total. The molecule has 1 aliphatic rings. The number of rotatable bonds is 2. The van der Waals surface area contributed by atoms with Gasteiger partial charge in [0.05, 0.1) is 7.11 Å². The fourth-order valence-electron chi connectivity index (χ4n) is 1.39. The summed E-state index contributed by atoms with van der Waals surface area (Å²) < 4.78 is 18.7. The van der Waals surface area contributed by atoms with Crippen molar-refractivity contribution < 1.29 is 9.13 Å². The predicted octanol–water partition coefficient (Wildman–Crippen LogP) is 2.65. The fraction of sp³-hybridized carbons (Fsp3) is 0.400. The van der Waals surface area contributed by atoms with Gasteiger partial charge in [0.2, 0.25) is 0 Å². The van der Waals surface area contributed by atoms with E-state index in [0.717, 1.165) is 0 Å². The molecule has 0 bridgehead atoms. The molecular formula is C10H11FO. The standard InChI is InChI=1S/C10H11FO/c1-12-9-5-3-2-4-8(9)10(11)6-7-10/h2-5H,6-7H2,1H3. The lowest BCUT2D eigenvalue weighted by Crippen LogP contribution is -2.00. The Balaban J connectivity index is 2.42. The van der Waals surface area contributed by atoms with Gasteiger partial charge in [-0.05, 0) is 18.9 Å². The first kappa shape index (κ1) is 7.59. The summed E-state index contributed by atoms with van der Waals surface area (Å²) in [7, 11) is 1.57. The zero-order valence-corrected chi connectivity index (χ0v) is 7.01. The summed E-state index contributed by atoms with van der Waals surface area (Å²) in [5.41, 5.74) is -0.389. The molecule has 0 saturated heterocycles. The maximum atomic E-state index is 13.6. The molecule has 0 aromatic heterocycles. The zero-order chi connectivity index (χ0) is 8.60. The van der Waals surface area contributed by atoms with E-state index in [9.17, 15) is 4.39 Å². The molecule has 0 radical (unpaired) electrons. The van der Waals surface area contributed by atoms with E-state index >= 15 is 0 Å². The van der Waals surface area contributed by atoms with Crippen molar-refractivity contribution >= 4 is 0 Å². The van der Waals surface area contributed by atoms with Gasteiger partial charge >= 0.3 is 0 Å². The molecule has 1 saturated carbocycles. The van der Waals surface area contributed by atoms with E-state index in [2.05, 4.69) is 0 Å². The lowest BCUT2D eigenvalue weighted by atomic mass is 10.1. The van der Waals surface area contributed by atoms with Crippen LogP contribution in [0.25, 0.3) is 0 Å². The summed E-state index contributed by atoms with van der Waals surface area (Å²) in [6, 6.07) is 7.30. The molecule has 0 aliphatic heterocycles. The third-order valence-corrected chi connectivity index (χ3v) is 2.28. The van der Waals surface area contributed by atoms with Crippen LogP contribution in [0.3, 0.4) is 0 Å². The second-order valence-corrected chi connectivity index (χ2v) is 3.17. The minimum atomic E-state index is -1.09. The van der Waals surface area contributed by atoms with Gasteiger partial charge in [-0.1, -0.05) is 18.2 Å².